The van der Waals surface area contributed by atoms with Gasteiger partial charge in [0.2, 0.25) is 0 Å². The van der Waals surface area contributed by atoms with E-state index in [2.05, 4.69) is 36.5 Å². The molecule has 0 fully saturated rings. The van der Waals surface area contributed by atoms with Gasteiger partial charge < -0.3 is 10.1 Å². The van der Waals surface area contributed by atoms with Gasteiger partial charge in [0.25, 0.3) is 0 Å². The summed E-state index contributed by atoms with van der Waals surface area (Å²) in [5.74, 6) is 0.817. The van der Waals surface area contributed by atoms with E-state index in [0.29, 0.717) is 0 Å². The minimum atomic E-state index is 0.732. The van der Waals surface area contributed by atoms with Gasteiger partial charge in [0, 0.05) is 12.1 Å². The molecule has 98 valence electrons. The van der Waals surface area contributed by atoms with Gasteiger partial charge in [0.1, 0.15) is 10.7 Å². The summed E-state index contributed by atoms with van der Waals surface area (Å²) < 4.78 is 5.19. The van der Waals surface area contributed by atoms with Crippen LogP contribution < -0.4 is 10.1 Å². The Hall–Kier alpha value is -1.87. The number of methoxy groups -OCH3 is 1. The fourth-order valence-corrected chi connectivity index (χ4v) is 1.95. The number of rotatable bonds is 4. The molecule has 1 N–H and O–H groups in total. The molecule has 0 aliphatic heterocycles. The summed E-state index contributed by atoms with van der Waals surface area (Å²) in [5.41, 5.74) is 3.46. The Balaban J connectivity index is 1.99. The molecule has 0 aromatic heterocycles. The molecule has 3 heteroatoms. The van der Waals surface area contributed by atoms with E-state index in [-0.39, 0.29) is 0 Å². The van der Waals surface area contributed by atoms with Crippen molar-refractivity contribution in [1.82, 2.24) is 5.32 Å². The van der Waals surface area contributed by atoms with Crippen molar-refractivity contribution in [3.05, 3.63) is 65.2 Å². The van der Waals surface area contributed by atoms with Crippen molar-refractivity contribution in [3.8, 4) is 5.75 Å². The summed E-state index contributed by atoms with van der Waals surface area (Å²) in [6.07, 6.45) is 0. The van der Waals surface area contributed by atoms with Gasteiger partial charge in [-0.25, -0.2) is 0 Å². The zero-order valence-electron chi connectivity index (χ0n) is 11.1. The average molecular weight is 271 g/mol. The summed E-state index contributed by atoms with van der Waals surface area (Å²) in [5, 5.41) is 3.26. The zero-order valence-corrected chi connectivity index (χ0v) is 12.0. The normalized spacial score (nSPS) is 10.0. The molecule has 2 aromatic rings. The second-order valence-corrected chi connectivity index (χ2v) is 4.81. The van der Waals surface area contributed by atoms with Crippen molar-refractivity contribution < 1.29 is 4.74 Å². The Morgan fingerprint density at radius 2 is 1.89 bits per heavy atom. The molecular formula is C16H17NOS. The highest BCUT2D eigenvalue weighted by Crippen LogP contribution is 2.13. The van der Waals surface area contributed by atoms with Crippen molar-refractivity contribution in [2.24, 2.45) is 0 Å². The van der Waals surface area contributed by atoms with E-state index in [1.807, 2.05) is 24.3 Å². The first-order valence-corrected chi connectivity index (χ1v) is 6.57. The molecule has 0 amide bonds. The topological polar surface area (TPSA) is 21.3 Å². The second-order valence-electron chi connectivity index (χ2n) is 4.40. The van der Waals surface area contributed by atoms with Crippen molar-refractivity contribution in [2.45, 2.75) is 13.5 Å². The zero-order chi connectivity index (χ0) is 13.7. The van der Waals surface area contributed by atoms with Crippen molar-refractivity contribution >= 4 is 17.2 Å². The first-order valence-electron chi connectivity index (χ1n) is 6.17. The number of hydrogen-bond acceptors (Lipinski definition) is 2. The summed E-state index contributed by atoms with van der Waals surface area (Å²) in [6, 6.07) is 16.2. The standard InChI is InChI=1S/C16H17NOS/c1-12-6-8-13(9-7-12)11-17-16(19)14-4-3-5-15(10-14)18-2/h3-10H,11H2,1-2H3,(H,17,19). The first-order chi connectivity index (χ1) is 9.19. The van der Waals surface area contributed by atoms with Crippen molar-refractivity contribution in [1.29, 1.82) is 0 Å². The molecule has 0 unspecified atom stereocenters. The molecule has 0 heterocycles. The first kappa shape index (κ1) is 13.6. The summed E-state index contributed by atoms with van der Waals surface area (Å²) in [7, 11) is 1.65. The minimum absolute atomic E-state index is 0.732. The van der Waals surface area contributed by atoms with Crippen LogP contribution in [-0.2, 0) is 6.54 Å². The van der Waals surface area contributed by atoms with Crippen LogP contribution in [-0.4, -0.2) is 12.1 Å². The molecule has 0 atom stereocenters. The molecule has 2 rings (SSSR count). The average Bonchev–Trinajstić information content (AvgIpc) is 2.46. The van der Waals surface area contributed by atoms with Crippen LogP contribution in [0, 0.1) is 6.92 Å². The van der Waals surface area contributed by atoms with Gasteiger partial charge in [0.05, 0.1) is 7.11 Å². The van der Waals surface area contributed by atoms with Crippen LogP contribution in [0.5, 0.6) is 5.75 Å². The number of nitrogens with one attached hydrogen (secondary N) is 1. The van der Waals surface area contributed by atoms with Gasteiger partial charge in [-0.15, -0.1) is 0 Å². The van der Waals surface area contributed by atoms with Crippen LogP contribution in [0.25, 0.3) is 0 Å². The van der Waals surface area contributed by atoms with Crippen LogP contribution in [0.1, 0.15) is 16.7 Å². The molecule has 0 spiro atoms. The molecule has 0 radical (unpaired) electrons. The smallest absolute Gasteiger partial charge is 0.119 e. The molecule has 0 saturated carbocycles. The lowest BCUT2D eigenvalue weighted by molar-refractivity contribution is 0.414. The number of aryl methyl sites for hydroxylation is 1. The SMILES string of the molecule is COc1cccc(C(=S)NCc2ccc(C)cc2)c1. The molecule has 2 nitrogen and oxygen atoms in total. The van der Waals surface area contributed by atoms with Gasteiger partial charge in [-0.05, 0) is 24.6 Å². The van der Waals surface area contributed by atoms with Gasteiger partial charge in [-0.2, -0.15) is 0 Å². The van der Waals surface area contributed by atoms with Gasteiger partial charge >= 0.3 is 0 Å². The molecular weight excluding hydrogens is 254 g/mol. The van der Waals surface area contributed by atoms with E-state index < -0.39 is 0 Å². The van der Waals surface area contributed by atoms with Gasteiger partial charge in [0.15, 0.2) is 0 Å². The molecule has 19 heavy (non-hydrogen) atoms. The third-order valence-electron chi connectivity index (χ3n) is 2.91. The Labute approximate surface area is 119 Å². The molecule has 0 aliphatic rings. The Bertz CT molecular complexity index is 563. The van der Waals surface area contributed by atoms with Crippen LogP contribution in [0.2, 0.25) is 0 Å². The lowest BCUT2D eigenvalue weighted by Gasteiger charge is -2.09. The predicted octanol–water partition coefficient (Wildman–Crippen LogP) is 3.47. The number of benzene rings is 2. The summed E-state index contributed by atoms with van der Waals surface area (Å²) in [4.78, 5) is 0.736. The molecule has 0 saturated heterocycles. The highest BCUT2D eigenvalue weighted by Gasteiger charge is 2.02. The molecule has 0 bridgehead atoms. The number of hydrogen-bond donors (Lipinski definition) is 1. The maximum absolute atomic E-state index is 5.39. The van der Waals surface area contributed by atoms with E-state index in [0.717, 1.165) is 22.8 Å². The minimum Gasteiger partial charge on any atom is -0.497 e. The van der Waals surface area contributed by atoms with E-state index in [9.17, 15) is 0 Å². The fourth-order valence-electron chi connectivity index (χ4n) is 1.75. The quantitative estimate of drug-likeness (QED) is 0.860. The number of thiocarbonyl (C=S) groups is 1. The predicted molar refractivity (Wildman–Crippen MR) is 82.7 cm³/mol. The maximum atomic E-state index is 5.39. The molecule has 0 aliphatic carbocycles. The van der Waals surface area contributed by atoms with E-state index in [1.165, 1.54) is 11.1 Å². The van der Waals surface area contributed by atoms with Crippen LogP contribution >= 0.6 is 12.2 Å². The monoisotopic (exact) mass is 271 g/mol. The van der Waals surface area contributed by atoms with Crippen LogP contribution in [0.4, 0.5) is 0 Å². The summed E-state index contributed by atoms with van der Waals surface area (Å²) >= 11 is 5.39. The number of ether oxygens (including phenoxy) is 1. The lowest BCUT2D eigenvalue weighted by Crippen LogP contribution is -2.21. The Morgan fingerprint density at radius 1 is 1.16 bits per heavy atom. The van der Waals surface area contributed by atoms with Crippen LogP contribution in [0.3, 0.4) is 0 Å². The second kappa shape index (κ2) is 6.34. The van der Waals surface area contributed by atoms with Gasteiger partial charge in [-0.1, -0.05) is 54.2 Å². The Kier molecular flexibility index (Phi) is 4.53. The summed E-state index contributed by atoms with van der Waals surface area (Å²) in [6.45, 7) is 2.81. The van der Waals surface area contributed by atoms with E-state index in [4.69, 9.17) is 17.0 Å². The highest BCUT2D eigenvalue weighted by molar-refractivity contribution is 7.80. The fraction of sp³-hybridized carbons (Fsp3) is 0.188. The van der Waals surface area contributed by atoms with Crippen LogP contribution in [0.15, 0.2) is 48.5 Å². The van der Waals surface area contributed by atoms with Crippen molar-refractivity contribution in [3.63, 3.8) is 0 Å². The van der Waals surface area contributed by atoms with E-state index >= 15 is 0 Å². The van der Waals surface area contributed by atoms with Gasteiger partial charge in [-0.3, -0.25) is 0 Å². The third-order valence-corrected chi connectivity index (χ3v) is 3.29. The lowest BCUT2D eigenvalue weighted by atomic mass is 10.1. The maximum Gasteiger partial charge on any atom is 0.119 e. The third kappa shape index (κ3) is 3.80. The molecule has 2 aromatic carbocycles. The highest BCUT2D eigenvalue weighted by atomic mass is 32.1. The van der Waals surface area contributed by atoms with Crippen molar-refractivity contribution in [2.75, 3.05) is 7.11 Å². The largest absolute Gasteiger partial charge is 0.497 e. The Morgan fingerprint density at radius 3 is 2.58 bits per heavy atom. The van der Waals surface area contributed by atoms with E-state index in [1.54, 1.807) is 7.11 Å².